The van der Waals surface area contributed by atoms with Gasteiger partial charge in [0.05, 0.1) is 5.25 Å². The lowest BCUT2D eigenvalue weighted by Gasteiger charge is -2.34. The van der Waals surface area contributed by atoms with Gasteiger partial charge in [0, 0.05) is 16.2 Å². The summed E-state index contributed by atoms with van der Waals surface area (Å²) in [6.07, 6.45) is 3.06. The largest absolute Gasteiger partial charge is 0.444 e. The summed E-state index contributed by atoms with van der Waals surface area (Å²) in [5, 5.41) is 2.35. The second-order valence-electron chi connectivity index (χ2n) is 7.85. The van der Waals surface area contributed by atoms with Crippen LogP contribution in [0.25, 0.3) is 0 Å². The Morgan fingerprint density at radius 3 is 2.05 bits per heavy atom. The average Bonchev–Trinajstić information content (AvgIpc) is 2.23. The first kappa shape index (κ1) is 19.6. The topological polar surface area (TPSA) is 72.5 Å². The van der Waals surface area contributed by atoms with Crippen LogP contribution in [0.2, 0.25) is 0 Å². The van der Waals surface area contributed by atoms with Crippen LogP contribution in [0, 0.1) is 5.92 Å². The average molecular weight is 354 g/mol. The van der Waals surface area contributed by atoms with E-state index in [9.17, 15) is 13.2 Å². The number of rotatable bonds is 4. The maximum atomic E-state index is 11.9. The molecule has 0 aromatic rings. The zero-order valence-corrected chi connectivity index (χ0v) is 15.7. The van der Waals surface area contributed by atoms with Crippen LogP contribution in [0.5, 0.6) is 0 Å². The summed E-state index contributed by atoms with van der Waals surface area (Å²) in [7, 11) is 1.96. The smallest absolute Gasteiger partial charge is 0.408 e. The monoisotopic (exact) mass is 353 g/mol. The number of carbonyl (C=O) groups is 1. The lowest BCUT2D eigenvalue weighted by atomic mass is 9.82. The molecule has 1 aliphatic rings. The van der Waals surface area contributed by atoms with E-state index >= 15 is 0 Å². The predicted molar refractivity (Wildman–Crippen MR) is 88.6 cm³/mol. The third-order valence-electron chi connectivity index (χ3n) is 3.82. The molecule has 22 heavy (non-hydrogen) atoms. The number of alkyl carbamates (subject to hydrolysis) is 1. The van der Waals surface area contributed by atoms with Gasteiger partial charge in [-0.15, -0.1) is 0 Å². The highest BCUT2D eigenvalue weighted by molar-refractivity contribution is 8.14. The molecule has 5 nitrogen and oxygen atoms in total. The van der Waals surface area contributed by atoms with Crippen molar-refractivity contribution in [2.75, 3.05) is 0 Å². The van der Waals surface area contributed by atoms with Gasteiger partial charge in [0.15, 0.2) is 0 Å². The number of hydrogen-bond donors (Lipinski definition) is 1. The van der Waals surface area contributed by atoms with E-state index in [0.717, 1.165) is 19.3 Å². The number of amides is 1. The summed E-state index contributed by atoms with van der Waals surface area (Å²) < 4.78 is 28.2. The molecule has 0 heterocycles. The lowest BCUT2D eigenvalue weighted by Crippen LogP contribution is -2.44. The minimum Gasteiger partial charge on any atom is -0.444 e. The molecule has 130 valence electrons. The van der Waals surface area contributed by atoms with Gasteiger partial charge < -0.3 is 10.1 Å². The molecule has 0 atom stereocenters. The van der Waals surface area contributed by atoms with Gasteiger partial charge in [0.2, 0.25) is 9.05 Å². The number of hydrogen-bond acceptors (Lipinski definition) is 4. The SMILES string of the molecule is CC(C)(C)NC(=O)OC(C)(C)CC1CCC(S(=O)(=O)Cl)CC1. The van der Waals surface area contributed by atoms with E-state index in [0.29, 0.717) is 18.8 Å². The molecule has 0 unspecified atom stereocenters. The fraction of sp³-hybridized carbons (Fsp3) is 0.933. The third-order valence-corrected chi connectivity index (χ3v) is 5.84. The van der Waals surface area contributed by atoms with E-state index in [1.165, 1.54) is 0 Å². The van der Waals surface area contributed by atoms with E-state index in [4.69, 9.17) is 15.4 Å². The summed E-state index contributed by atoms with van der Waals surface area (Å²) >= 11 is 0. The molecule has 1 N–H and O–H groups in total. The highest BCUT2D eigenvalue weighted by atomic mass is 35.7. The Hall–Kier alpha value is -0.490. The van der Waals surface area contributed by atoms with Crippen LogP contribution in [-0.4, -0.2) is 30.9 Å². The van der Waals surface area contributed by atoms with Gasteiger partial charge in [0.25, 0.3) is 0 Å². The summed E-state index contributed by atoms with van der Waals surface area (Å²) in [4.78, 5) is 11.9. The molecule has 1 saturated carbocycles. The van der Waals surface area contributed by atoms with Gasteiger partial charge in [-0.25, -0.2) is 13.2 Å². The van der Waals surface area contributed by atoms with Crippen LogP contribution < -0.4 is 5.32 Å². The Kier molecular flexibility index (Phi) is 6.18. The molecule has 0 spiro atoms. The molecule has 0 bridgehead atoms. The van der Waals surface area contributed by atoms with Crippen LogP contribution >= 0.6 is 10.7 Å². The fourth-order valence-electron chi connectivity index (χ4n) is 2.94. The van der Waals surface area contributed by atoms with Crippen LogP contribution in [0.3, 0.4) is 0 Å². The van der Waals surface area contributed by atoms with Crippen molar-refractivity contribution in [3.8, 4) is 0 Å². The van der Waals surface area contributed by atoms with Crippen molar-refractivity contribution in [2.24, 2.45) is 5.92 Å². The Bertz CT molecular complexity index is 488. The normalized spacial score (nSPS) is 23.9. The zero-order valence-electron chi connectivity index (χ0n) is 14.1. The quantitative estimate of drug-likeness (QED) is 0.780. The van der Waals surface area contributed by atoms with Crippen LogP contribution in [0.15, 0.2) is 0 Å². The number of carbonyl (C=O) groups excluding carboxylic acids is 1. The van der Waals surface area contributed by atoms with E-state index in [2.05, 4.69) is 5.32 Å². The maximum absolute atomic E-state index is 11.9. The molecule has 1 rings (SSSR count). The Labute approximate surface area is 138 Å². The van der Waals surface area contributed by atoms with Gasteiger partial charge in [-0.2, -0.15) is 0 Å². The Morgan fingerprint density at radius 1 is 1.14 bits per heavy atom. The molecular formula is C15H28ClNO4S. The van der Waals surface area contributed by atoms with E-state index in [1.807, 2.05) is 34.6 Å². The van der Waals surface area contributed by atoms with Crippen molar-refractivity contribution in [2.45, 2.75) is 83.1 Å². The molecule has 1 aliphatic carbocycles. The van der Waals surface area contributed by atoms with Crippen molar-refractivity contribution >= 4 is 25.8 Å². The number of ether oxygens (including phenoxy) is 1. The van der Waals surface area contributed by atoms with Crippen molar-refractivity contribution in [1.82, 2.24) is 5.32 Å². The second-order valence-corrected chi connectivity index (χ2v) is 10.8. The molecule has 1 amide bonds. The molecule has 0 saturated heterocycles. The summed E-state index contributed by atoms with van der Waals surface area (Å²) in [5.74, 6) is 0.354. The second kappa shape index (κ2) is 6.95. The molecule has 1 fully saturated rings. The number of halogens is 1. The van der Waals surface area contributed by atoms with Crippen molar-refractivity contribution in [1.29, 1.82) is 0 Å². The van der Waals surface area contributed by atoms with Crippen molar-refractivity contribution < 1.29 is 17.9 Å². The summed E-state index contributed by atoms with van der Waals surface area (Å²) in [6, 6.07) is 0. The first-order valence-electron chi connectivity index (χ1n) is 7.73. The van der Waals surface area contributed by atoms with Gasteiger partial charge in [-0.3, -0.25) is 0 Å². The first-order valence-corrected chi connectivity index (χ1v) is 10.1. The van der Waals surface area contributed by atoms with Gasteiger partial charge >= 0.3 is 6.09 Å². The van der Waals surface area contributed by atoms with Gasteiger partial charge in [-0.05, 0) is 72.6 Å². The maximum Gasteiger partial charge on any atom is 0.408 e. The van der Waals surface area contributed by atoms with E-state index < -0.39 is 26.0 Å². The molecule has 0 radical (unpaired) electrons. The Balaban J connectivity index is 2.48. The van der Waals surface area contributed by atoms with Crippen molar-refractivity contribution in [3.63, 3.8) is 0 Å². The summed E-state index contributed by atoms with van der Waals surface area (Å²) in [6.45, 7) is 9.47. The van der Waals surface area contributed by atoms with Gasteiger partial charge in [-0.1, -0.05) is 0 Å². The van der Waals surface area contributed by atoms with Crippen LogP contribution in [0.4, 0.5) is 4.79 Å². The molecule has 0 aromatic heterocycles. The first-order chi connectivity index (χ1) is 9.78. The minimum absolute atomic E-state index is 0.333. The highest BCUT2D eigenvalue weighted by Crippen LogP contribution is 2.35. The molecule has 0 aliphatic heterocycles. The standard InChI is InChI=1S/C15H28ClNO4S/c1-14(2,3)17-13(18)21-15(4,5)10-11-6-8-12(9-7-11)22(16,19)20/h11-12H,6-10H2,1-5H3,(H,17,18). The summed E-state index contributed by atoms with van der Waals surface area (Å²) in [5.41, 5.74) is -0.910. The predicted octanol–water partition coefficient (Wildman–Crippen LogP) is 3.81. The fourth-order valence-corrected chi connectivity index (χ4v) is 4.31. The van der Waals surface area contributed by atoms with Crippen molar-refractivity contribution in [3.05, 3.63) is 0 Å². The molecular weight excluding hydrogens is 326 g/mol. The third kappa shape index (κ3) is 7.18. The number of nitrogens with one attached hydrogen (secondary N) is 1. The van der Waals surface area contributed by atoms with Gasteiger partial charge in [0.1, 0.15) is 5.60 Å². The lowest BCUT2D eigenvalue weighted by molar-refractivity contribution is 0.0133. The zero-order chi connectivity index (χ0) is 17.2. The molecule has 0 aromatic carbocycles. The minimum atomic E-state index is -3.46. The molecule has 7 heteroatoms. The van der Waals surface area contributed by atoms with E-state index in [-0.39, 0.29) is 5.54 Å². The van der Waals surface area contributed by atoms with E-state index in [1.54, 1.807) is 0 Å². The van der Waals surface area contributed by atoms with Crippen LogP contribution in [0.1, 0.15) is 66.7 Å². The highest BCUT2D eigenvalue weighted by Gasteiger charge is 2.34. The Morgan fingerprint density at radius 2 is 1.64 bits per heavy atom. The van der Waals surface area contributed by atoms with Crippen LogP contribution in [-0.2, 0) is 13.8 Å².